The summed E-state index contributed by atoms with van der Waals surface area (Å²) >= 11 is 0. The van der Waals surface area contributed by atoms with Gasteiger partial charge in [0, 0.05) is 6.04 Å². The second-order valence-corrected chi connectivity index (χ2v) is 5.21. The number of nitrogens with one attached hydrogen (secondary N) is 1. The first-order valence-electron chi connectivity index (χ1n) is 7.02. The summed E-state index contributed by atoms with van der Waals surface area (Å²) in [6.07, 6.45) is 1.09. The third-order valence-corrected chi connectivity index (χ3v) is 3.76. The second-order valence-electron chi connectivity index (χ2n) is 5.21. The van der Waals surface area contributed by atoms with Gasteiger partial charge in [-0.2, -0.15) is 0 Å². The van der Waals surface area contributed by atoms with E-state index >= 15 is 0 Å². The predicted molar refractivity (Wildman–Crippen MR) is 82.5 cm³/mol. The Morgan fingerprint density at radius 1 is 0.895 bits per heavy atom. The Labute approximate surface area is 116 Å². The molecule has 0 saturated carbocycles. The summed E-state index contributed by atoms with van der Waals surface area (Å²) in [5.74, 6) is 0. The SMILES string of the molecule is Cc1ccccc1CCNC(C)c1ccccc1C. The van der Waals surface area contributed by atoms with E-state index in [0.29, 0.717) is 6.04 Å². The van der Waals surface area contributed by atoms with E-state index in [9.17, 15) is 0 Å². The fourth-order valence-electron chi connectivity index (χ4n) is 2.50. The van der Waals surface area contributed by atoms with Crippen molar-refractivity contribution in [2.24, 2.45) is 0 Å². The Bertz CT molecular complexity index is 531. The molecule has 0 aliphatic carbocycles. The Morgan fingerprint density at radius 2 is 1.53 bits per heavy atom. The number of rotatable bonds is 5. The summed E-state index contributed by atoms with van der Waals surface area (Å²) in [6, 6.07) is 17.6. The Balaban J connectivity index is 1.90. The van der Waals surface area contributed by atoms with Crippen molar-refractivity contribution in [3.05, 3.63) is 70.8 Å². The van der Waals surface area contributed by atoms with Crippen LogP contribution in [0, 0.1) is 13.8 Å². The van der Waals surface area contributed by atoms with E-state index in [2.05, 4.69) is 74.6 Å². The molecule has 2 aromatic carbocycles. The molecule has 1 heteroatoms. The molecule has 0 fully saturated rings. The highest BCUT2D eigenvalue weighted by Gasteiger charge is 2.06. The molecule has 2 aromatic rings. The van der Waals surface area contributed by atoms with Gasteiger partial charge in [-0.1, -0.05) is 48.5 Å². The van der Waals surface area contributed by atoms with E-state index in [1.807, 2.05) is 0 Å². The molecule has 2 rings (SSSR count). The zero-order chi connectivity index (χ0) is 13.7. The number of benzene rings is 2. The van der Waals surface area contributed by atoms with Gasteiger partial charge in [0.1, 0.15) is 0 Å². The molecule has 0 saturated heterocycles. The summed E-state index contributed by atoms with van der Waals surface area (Å²) < 4.78 is 0. The topological polar surface area (TPSA) is 12.0 Å². The maximum Gasteiger partial charge on any atom is 0.0294 e. The number of hydrogen-bond donors (Lipinski definition) is 1. The van der Waals surface area contributed by atoms with Gasteiger partial charge in [0.15, 0.2) is 0 Å². The van der Waals surface area contributed by atoms with Crippen molar-refractivity contribution in [3.8, 4) is 0 Å². The van der Waals surface area contributed by atoms with Crippen LogP contribution >= 0.6 is 0 Å². The lowest BCUT2D eigenvalue weighted by molar-refractivity contribution is 0.574. The molecular formula is C18H23N. The lowest BCUT2D eigenvalue weighted by atomic mass is 10.0. The molecule has 0 spiro atoms. The fraction of sp³-hybridized carbons (Fsp3) is 0.333. The van der Waals surface area contributed by atoms with Crippen LogP contribution in [0.4, 0.5) is 0 Å². The summed E-state index contributed by atoms with van der Waals surface area (Å²) in [5.41, 5.74) is 5.57. The first-order chi connectivity index (χ1) is 9.18. The van der Waals surface area contributed by atoms with Gasteiger partial charge in [-0.25, -0.2) is 0 Å². The predicted octanol–water partition coefficient (Wildman–Crippen LogP) is 4.20. The third kappa shape index (κ3) is 3.68. The van der Waals surface area contributed by atoms with Crippen LogP contribution in [0.2, 0.25) is 0 Å². The molecule has 19 heavy (non-hydrogen) atoms. The summed E-state index contributed by atoms with van der Waals surface area (Å²) in [6.45, 7) is 7.61. The van der Waals surface area contributed by atoms with E-state index in [1.165, 1.54) is 22.3 Å². The van der Waals surface area contributed by atoms with Gasteiger partial charge in [0.2, 0.25) is 0 Å². The van der Waals surface area contributed by atoms with Gasteiger partial charge in [-0.15, -0.1) is 0 Å². The van der Waals surface area contributed by atoms with E-state index in [-0.39, 0.29) is 0 Å². The van der Waals surface area contributed by atoms with Crippen molar-refractivity contribution in [1.29, 1.82) is 0 Å². The van der Waals surface area contributed by atoms with Crippen LogP contribution in [0.3, 0.4) is 0 Å². The second kappa shape index (κ2) is 6.53. The van der Waals surface area contributed by atoms with Crippen molar-refractivity contribution >= 4 is 0 Å². The summed E-state index contributed by atoms with van der Waals surface area (Å²) in [7, 11) is 0. The molecule has 1 atom stereocenters. The molecule has 0 heterocycles. The zero-order valence-corrected chi connectivity index (χ0v) is 12.1. The minimum absolute atomic E-state index is 0.408. The first kappa shape index (κ1) is 13.8. The lowest BCUT2D eigenvalue weighted by Gasteiger charge is -2.17. The molecule has 0 aromatic heterocycles. The monoisotopic (exact) mass is 253 g/mol. The Kier molecular flexibility index (Phi) is 4.75. The van der Waals surface area contributed by atoms with Gasteiger partial charge < -0.3 is 5.32 Å². The van der Waals surface area contributed by atoms with Crippen LogP contribution in [0.25, 0.3) is 0 Å². The molecule has 0 aliphatic rings. The summed E-state index contributed by atoms with van der Waals surface area (Å²) in [4.78, 5) is 0. The number of aryl methyl sites for hydroxylation is 2. The third-order valence-electron chi connectivity index (χ3n) is 3.76. The quantitative estimate of drug-likeness (QED) is 0.842. The van der Waals surface area contributed by atoms with Crippen molar-refractivity contribution in [1.82, 2.24) is 5.32 Å². The normalized spacial score (nSPS) is 12.4. The molecule has 0 amide bonds. The first-order valence-corrected chi connectivity index (χ1v) is 7.02. The zero-order valence-electron chi connectivity index (χ0n) is 12.1. The number of hydrogen-bond acceptors (Lipinski definition) is 1. The Morgan fingerprint density at radius 3 is 2.21 bits per heavy atom. The molecule has 0 bridgehead atoms. The smallest absolute Gasteiger partial charge is 0.0294 e. The lowest BCUT2D eigenvalue weighted by Crippen LogP contribution is -2.22. The van der Waals surface area contributed by atoms with Crippen LogP contribution in [0.5, 0.6) is 0 Å². The van der Waals surface area contributed by atoms with Crippen molar-refractivity contribution < 1.29 is 0 Å². The maximum absolute atomic E-state index is 3.62. The molecule has 0 aliphatic heterocycles. The van der Waals surface area contributed by atoms with Crippen molar-refractivity contribution in [2.45, 2.75) is 33.2 Å². The van der Waals surface area contributed by atoms with Gasteiger partial charge in [-0.3, -0.25) is 0 Å². The van der Waals surface area contributed by atoms with E-state index in [0.717, 1.165) is 13.0 Å². The van der Waals surface area contributed by atoms with Crippen molar-refractivity contribution in [2.75, 3.05) is 6.54 Å². The Hall–Kier alpha value is -1.60. The van der Waals surface area contributed by atoms with Gasteiger partial charge in [0.25, 0.3) is 0 Å². The highest BCUT2D eigenvalue weighted by Crippen LogP contribution is 2.16. The summed E-state index contributed by atoms with van der Waals surface area (Å²) in [5, 5.41) is 3.62. The highest BCUT2D eigenvalue weighted by atomic mass is 14.9. The average Bonchev–Trinajstić information content (AvgIpc) is 2.41. The highest BCUT2D eigenvalue weighted by molar-refractivity contribution is 5.28. The van der Waals surface area contributed by atoms with Crippen LogP contribution in [-0.4, -0.2) is 6.54 Å². The van der Waals surface area contributed by atoms with E-state index in [4.69, 9.17) is 0 Å². The molecule has 1 N–H and O–H groups in total. The van der Waals surface area contributed by atoms with Crippen LogP contribution in [0.1, 0.15) is 35.2 Å². The molecule has 100 valence electrons. The van der Waals surface area contributed by atoms with Crippen LogP contribution in [0.15, 0.2) is 48.5 Å². The minimum Gasteiger partial charge on any atom is -0.310 e. The van der Waals surface area contributed by atoms with Crippen LogP contribution < -0.4 is 5.32 Å². The molecular weight excluding hydrogens is 230 g/mol. The minimum atomic E-state index is 0.408. The molecule has 1 unspecified atom stereocenters. The fourth-order valence-corrected chi connectivity index (χ4v) is 2.50. The largest absolute Gasteiger partial charge is 0.310 e. The van der Waals surface area contributed by atoms with Gasteiger partial charge in [0.05, 0.1) is 0 Å². The van der Waals surface area contributed by atoms with Gasteiger partial charge in [-0.05, 0) is 56.0 Å². The van der Waals surface area contributed by atoms with Crippen molar-refractivity contribution in [3.63, 3.8) is 0 Å². The molecule has 1 nitrogen and oxygen atoms in total. The van der Waals surface area contributed by atoms with E-state index < -0.39 is 0 Å². The van der Waals surface area contributed by atoms with Gasteiger partial charge >= 0.3 is 0 Å². The maximum atomic E-state index is 3.62. The van der Waals surface area contributed by atoms with Crippen LogP contribution in [-0.2, 0) is 6.42 Å². The standard InChI is InChI=1S/C18H23N/c1-14-8-4-6-10-17(14)12-13-19-16(3)18-11-7-5-9-15(18)2/h4-11,16,19H,12-13H2,1-3H3. The average molecular weight is 253 g/mol. The van der Waals surface area contributed by atoms with E-state index in [1.54, 1.807) is 0 Å². The molecule has 0 radical (unpaired) electrons.